The molecule has 0 heterocycles. The Kier molecular flexibility index (Phi) is 6.18. The number of hydrogen-bond donors (Lipinski definition) is 2. The van der Waals surface area contributed by atoms with Crippen molar-refractivity contribution < 1.29 is 9.59 Å². The lowest BCUT2D eigenvalue weighted by atomic mass is 10.0. The summed E-state index contributed by atoms with van der Waals surface area (Å²) in [5, 5.41) is 3.05. The molecule has 1 atom stereocenters. The summed E-state index contributed by atoms with van der Waals surface area (Å²) in [6.07, 6.45) is 0.583. The third kappa shape index (κ3) is 5.02. The van der Waals surface area contributed by atoms with Gasteiger partial charge >= 0.3 is 0 Å². The zero-order chi connectivity index (χ0) is 16.2. The zero-order valence-corrected chi connectivity index (χ0v) is 13.6. The smallest absolute Gasteiger partial charge is 0.253 e. The molecule has 0 saturated heterocycles. The van der Waals surface area contributed by atoms with Gasteiger partial charge in [0.15, 0.2) is 0 Å². The second kappa shape index (κ2) is 7.43. The molecule has 0 aliphatic heterocycles. The molecular formula is C15H22ClN3O2. The summed E-state index contributed by atoms with van der Waals surface area (Å²) < 4.78 is 0. The number of halogens is 1. The summed E-state index contributed by atoms with van der Waals surface area (Å²) in [5.74, 6) is -0.142. The molecule has 0 radical (unpaired) electrons. The van der Waals surface area contributed by atoms with Crippen LogP contribution in [0.3, 0.4) is 0 Å². The minimum Gasteiger partial charge on any atom is -0.345 e. The van der Waals surface area contributed by atoms with E-state index in [9.17, 15) is 9.59 Å². The molecule has 0 fully saturated rings. The van der Waals surface area contributed by atoms with Crippen LogP contribution in [0.1, 0.15) is 30.6 Å². The maximum atomic E-state index is 12.0. The van der Waals surface area contributed by atoms with Crippen molar-refractivity contribution in [1.29, 1.82) is 0 Å². The number of nitrogens with zero attached hydrogens (tertiary/aromatic N) is 1. The number of anilines is 1. The Balaban J connectivity index is 2.90. The van der Waals surface area contributed by atoms with E-state index in [1.54, 1.807) is 32.3 Å². The van der Waals surface area contributed by atoms with Crippen LogP contribution in [0.4, 0.5) is 5.69 Å². The van der Waals surface area contributed by atoms with Crippen molar-refractivity contribution in [2.24, 2.45) is 11.7 Å². The highest BCUT2D eigenvalue weighted by atomic mass is 35.5. The van der Waals surface area contributed by atoms with Crippen molar-refractivity contribution in [1.82, 2.24) is 4.90 Å². The molecule has 1 aromatic carbocycles. The first-order chi connectivity index (χ1) is 9.72. The molecular weight excluding hydrogens is 290 g/mol. The van der Waals surface area contributed by atoms with Crippen LogP contribution in [0, 0.1) is 5.92 Å². The number of carbonyl (C=O) groups excluding carboxylic acids is 2. The molecule has 21 heavy (non-hydrogen) atoms. The first kappa shape index (κ1) is 17.5. The van der Waals surface area contributed by atoms with Crippen LogP contribution in [-0.4, -0.2) is 36.9 Å². The van der Waals surface area contributed by atoms with Gasteiger partial charge in [0.05, 0.1) is 16.8 Å². The highest BCUT2D eigenvalue weighted by Crippen LogP contribution is 2.24. The molecule has 0 bridgehead atoms. The largest absolute Gasteiger partial charge is 0.345 e. The van der Waals surface area contributed by atoms with Crippen molar-refractivity contribution in [2.75, 3.05) is 19.4 Å². The Labute approximate surface area is 130 Å². The standard InChI is InChI=1S/C15H22ClN3O2/c1-9(2)7-12(17)14(20)18-13-8-10(5-6-11(13)16)15(21)19(3)4/h5-6,8-9,12H,7,17H2,1-4H3,(H,18,20)/t12-/m1/s1. The predicted octanol–water partition coefficient (Wildman–Crippen LogP) is 2.35. The third-order valence-electron chi connectivity index (χ3n) is 2.94. The predicted molar refractivity (Wildman–Crippen MR) is 85.5 cm³/mol. The summed E-state index contributed by atoms with van der Waals surface area (Å²) >= 11 is 6.05. The van der Waals surface area contributed by atoms with Gasteiger partial charge < -0.3 is 16.0 Å². The average molecular weight is 312 g/mol. The SMILES string of the molecule is CC(C)C[C@@H](N)C(=O)Nc1cc(C(=O)N(C)C)ccc1Cl. The summed E-state index contributed by atoms with van der Waals surface area (Å²) in [4.78, 5) is 25.4. The Morgan fingerprint density at radius 2 is 1.95 bits per heavy atom. The molecule has 0 aliphatic carbocycles. The molecule has 5 nitrogen and oxygen atoms in total. The number of amides is 2. The van der Waals surface area contributed by atoms with Crippen molar-refractivity contribution in [3.63, 3.8) is 0 Å². The second-order valence-corrected chi connectivity index (χ2v) is 6.03. The van der Waals surface area contributed by atoms with E-state index >= 15 is 0 Å². The van der Waals surface area contributed by atoms with Crippen molar-refractivity contribution >= 4 is 29.1 Å². The van der Waals surface area contributed by atoms with Gasteiger partial charge in [-0.25, -0.2) is 0 Å². The number of hydrogen-bond acceptors (Lipinski definition) is 3. The fraction of sp³-hybridized carbons (Fsp3) is 0.467. The van der Waals surface area contributed by atoms with Gasteiger partial charge in [-0.2, -0.15) is 0 Å². The van der Waals surface area contributed by atoms with Gasteiger partial charge in [0.25, 0.3) is 5.91 Å². The Morgan fingerprint density at radius 3 is 2.48 bits per heavy atom. The van der Waals surface area contributed by atoms with Crippen LogP contribution in [-0.2, 0) is 4.79 Å². The summed E-state index contributed by atoms with van der Waals surface area (Å²) in [6, 6.07) is 4.16. The van der Waals surface area contributed by atoms with E-state index in [4.69, 9.17) is 17.3 Å². The molecule has 0 unspecified atom stereocenters. The van der Waals surface area contributed by atoms with E-state index in [0.717, 1.165) is 0 Å². The van der Waals surface area contributed by atoms with E-state index in [-0.39, 0.29) is 11.8 Å². The molecule has 1 aromatic rings. The molecule has 1 rings (SSSR count). The Morgan fingerprint density at radius 1 is 1.33 bits per heavy atom. The first-order valence-electron chi connectivity index (χ1n) is 6.80. The lowest BCUT2D eigenvalue weighted by Crippen LogP contribution is -2.36. The van der Waals surface area contributed by atoms with Gasteiger partial charge in [-0.3, -0.25) is 9.59 Å². The first-order valence-corrected chi connectivity index (χ1v) is 7.17. The topological polar surface area (TPSA) is 75.4 Å². The molecule has 3 N–H and O–H groups in total. The maximum absolute atomic E-state index is 12.0. The molecule has 2 amide bonds. The van der Waals surface area contributed by atoms with Gasteiger partial charge in [0.2, 0.25) is 5.91 Å². The second-order valence-electron chi connectivity index (χ2n) is 5.62. The maximum Gasteiger partial charge on any atom is 0.253 e. The summed E-state index contributed by atoms with van der Waals surface area (Å²) in [6.45, 7) is 3.99. The molecule has 0 aromatic heterocycles. The van der Waals surface area contributed by atoms with Gasteiger partial charge in [-0.15, -0.1) is 0 Å². The molecule has 0 spiro atoms. The van der Waals surface area contributed by atoms with Gasteiger partial charge in [-0.1, -0.05) is 25.4 Å². The quantitative estimate of drug-likeness (QED) is 0.876. The molecule has 116 valence electrons. The molecule has 6 heteroatoms. The number of rotatable bonds is 5. The molecule has 0 aliphatic rings. The van der Waals surface area contributed by atoms with Crippen LogP contribution in [0.15, 0.2) is 18.2 Å². The monoisotopic (exact) mass is 311 g/mol. The molecule has 0 saturated carbocycles. The van der Waals surface area contributed by atoms with Crippen molar-refractivity contribution in [2.45, 2.75) is 26.3 Å². The Hall–Kier alpha value is -1.59. The van der Waals surface area contributed by atoms with E-state index in [1.807, 2.05) is 13.8 Å². The Bertz CT molecular complexity index is 530. The normalized spacial score (nSPS) is 12.1. The lowest BCUT2D eigenvalue weighted by Gasteiger charge is -2.16. The highest BCUT2D eigenvalue weighted by molar-refractivity contribution is 6.34. The van der Waals surface area contributed by atoms with Crippen LogP contribution in [0.2, 0.25) is 5.02 Å². The van der Waals surface area contributed by atoms with Crippen molar-refractivity contribution in [3.8, 4) is 0 Å². The highest BCUT2D eigenvalue weighted by Gasteiger charge is 2.17. The number of nitrogens with one attached hydrogen (secondary N) is 1. The van der Waals surface area contributed by atoms with E-state index in [1.165, 1.54) is 4.90 Å². The zero-order valence-electron chi connectivity index (χ0n) is 12.8. The van der Waals surface area contributed by atoms with Gasteiger partial charge in [-0.05, 0) is 30.5 Å². The number of benzene rings is 1. The average Bonchev–Trinajstić information content (AvgIpc) is 2.39. The van der Waals surface area contributed by atoms with Crippen LogP contribution < -0.4 is 11.1 Å². The van der Waals surface area contributed by atoms with Crippen molar-refractivity contribution in [3.05, 3.63) is 28.8 Å². The van der Waals surface area contributed by atoms with E-state index in [2.05, 4.69) is 5.32 Å². The number of carbonyl (C=O) groups is 2. The fourth-order valence-corrected chi connectivity index (χ4v) is 2.02. The van der Waals surface area contributed by atoms with E-state index in [0.29, 0.717) is 28.6 Å². The summed E-state index contributed by atoms with van der Waals surface area (Å²) in [7, 11) is 3.32. The lowest BCUT2D eigenvalue weighted by molar-refractivity contribution is -0.117. The van der Waals surface area contributed by atoms with Crippen LogP contribution >= 0.6 is 11.6 Å². The minimum atomic E-state index is -0.603. The van der Waals surface area contributed by atoms with Crippen LogP contribution in [0.5, 0.6) is 0 Å². The van der Waals surface area contributed by atoms with Gasteiger partial charge in [0, 0.05) is 19.7 Å². The third-order valence-corrected chi connectivity index (χ3v) is 3.27. The fourth-order valence-electron chi connectivity index (χ4n) is 1.85. The van der Waals surface area contributed by atoms with Gasteiger partial charge in [0.1, 0.15) is 0 Å². The summed E-state index contributed by atoms with van der Waals surface area (Å²) in [5.41, 5.74) is 6.68. The van der Waals surface area contributed by atoms with E-state index < -0.39 is 6.04 Å². The number of nitrogens with two attached hydrogens (primary N) is 1. The van der Waals surface area contributed by atoms with Crippen LogP contribution in [0.25, 0.3) is 0 Å². The minimum absolute atomic E-state index is 0.159.